The minimum atomic E-state index is -3.71. The fourth-order valence-electron chi connectivity index (χ4n) is 5.70. The molecule has 1 saturated heterocycles. The molecule has 4 aliphatic rings. The van der Waals surface area contributed by atoms with Crippen LogP contribution in [0.15, 0.2) is 65.2 Å². The Morgan fingerprint density at radius 3 is 2.63 bits per heavy atom. The molecule has 2 fully saturated rings. The van der Waals surface area contributed by atoms with Gasteiger partial charge in [0.2, 0.25) is 10.0 Å². The number of nitrogens with one attached hydrogen (secondary N) is 1. The number of allylic oxidation sites excluding steroid dienone is 3. The molecular formula is C27H34N4O3S. The van der Waals surface area contributed by atoms with Gasteiger partial charge < -0.3 is 4.90 Å². The van der Waals surface area contributed by atoms with Gasteiger partial charge >= 0.3 is 0 Å². The van der Waals surface area contributed by atoms with Crippen molar-refractivity contribution in [3.05, 3.63) is 65.8 Å². The predicted octanol–water partition coefficient (Wildman–Crippen LogP) is 3.64. The number of hydrogen-bond acceptors (Lipinski definition) is 5. The van der Waals surface area contributed by atoms with Crippen molar-refractivity contribution in [3.8, 4) is 0 Å². The zero-order chi connectivity index (χ0) is 24.4. The lowest BCUT2D eigenvalue weighted by atomic mass is 9.97. The number of hydrogen-bond donors (Lipinski definition) is 1. The molecule has 1 N–H and O–H groups in total. The largest absolute Gasteiger partial charge is 0.333 e. The van der Waals surface area contributed by atoms with Crippen LogP contribution in [0.1, 0.15) is 43.0 Å². The minimum absolute atomic E-state index is 0.000691. The third-order valence-electron chi connectivity index (χ3n) is 7.58. The summed E-state index contributed by atoms with van der Waals surface area (Å²) in [6, 6.07) is 6.46. The van der Waals surface area contributed by atoms with E-state index in [0.717, 1.165) is 37.7 Å². The number of amides is 1. The number of carbonyl (C=O) groups excluding carboxylic acids is 1. The first kappa shape index (κ1) is 24.0. The molecule has 8 heteroatoms. The van der Waals surface area contributed by atoms with Crippen molar-refractivity contribution in [1.82, 2.24) is 9.80 Å². The van der Waals surface area contributed by atoms with Gasteiger partial charge in [0, 0.05) is 49.7 Å². The van der Waals surface area contributed by atoms with Crippen LogP contribution < -0.4 is 4.72 Å². The quantitative estimate of drug-likeness (QED) is 0.655. The third kappa shape index (κ3) is 5.28. The van der Waals surface area contributed by atoms with Crippen molar-refractivity contribution in [2.45, 2.75) is 49.9 Å². The number of dihydropyridines is 1. The molecule has 2 aliphatic heterocycles. The summed E-state index contributed by atoms with van der Waals surface area (Å²) in [5.41, 5.74) is 1.90. The average Bonchev–Trinajstić information content (AvgIpc) is 3.37. The van der Waals surface area contributed by atoms with E-state index >= 15 is 0 Å². The van der Waals surface area contributed by atoms with Crippen molar-refractivity contribution in [2.24, 2.45) is 10.9 Å². The Labute approximate surface area is 208 Å². The van der Waals surface area contributed by atoms with Crippen LogP contribution in [0.2, 0.25) is 0 Å². The highest BCUT2D eigenvalue weighted by molar-refractivity contribution is 7.93. The van der Waals surface area contributed by atoms with E-state index in [1.807, 2.05) is 23.1 Å². The zero-order valence-corrected chi connectivity index (χ0v) is 21.0. The summed E-state index contributed by atoms with van der Waals surface area (Å²) in [7, 11) is -3.71. The maximum Gasteiger partial charge on any atom is 0.254 e. The molecule has 1 aromatic carbocycles. The molecule has 35 heavy (non-hydrogen) atoms. The molecule has 1 amide bonds. The van der Waals surface area contributed by atoms with Crippen LogP contribution in [0, 0.1) is 5.92 Å². The van der Waals surface area contributed by atoms with Gasteiger partial charge in [-0.2, -0.15) is 0 Å². The van der Waals surface area contributed by atoms with E-state index in [4.69, 9.17) is 0 Å². The molecule has 0 radical (unpaired) electrons. The van der Waals surface area contributed by atoms with Crippen molar-refractivity contribution in [3.63, 3.8) is 0 Å². The number of carbonyl (C=O) groups is 1. The minimum Gasteiger partial charge on any atom is -0.333 e. The first-order chi connectivity index (χ1) is 16.9. The van der Waals surface area contributed by atoms with E-state index in [9.17, 15) is 13.2 Å². The van der Waals surface area contributed by atoms with Gasteiger partial charge in [-0.25, -0.2) is 8.42 Å². The van der Waals surface area contributed by atoms with E-state index in [-0.39, 0.29) is 11.9 Å². The van der Waals surface area contributed by atoms with Crippen molar-refractivity contribution in [2.75, 3.05) is 30.9 Å². The second-order valence-electron chi connectivity index (χ2n) is 10.1. The number of piperazine rings is 1. The van der Waals surface area contributed by atoms with Crippen molar-refractivity contribution >= 4 is 27.8 Å². The summed E-state index contributed by atoms with van der Waals surface area (Å²) in [4.78, 5) is 22.0. The zero-order valence-electron chi connectivity index (χ0n) is 20.2. The summed E-state index contributed by atoms with van der Waals surface area (Å²) in [5.74, 6) is 0.814. The topological polar surface area (TPSA) is 82.1 Å². The van der Waals surface area contributed by atoms with E-state index in [1.165, 1.54) is 25.7 Å². The Bertz CT molecular complexity index is 1160. The van der Waals surface area contributed by atoms with E-state index in [0.29, 0.717) is 11.3 Å². The lowest BCUT2D eigenvalue weighted by molar-refractivity contribution is 0.0461. The Morgan fingerprint density at radius 1 is 1.11 bits per heavy atom. The SMILES string of the molecule is C[C@H]1CN(CC2CCCC2)CCN1C(=O)c1ccc(NS(=O)(=O)C2C=CC=C3C=CC=NC32)cc1. The maximum atomic E-state index is 13.2. The monoisotopic (exact) mass is 494 g/mol. The molecule has 0 spiro atoms. The van der Waals surface area contributed by atoms with Crippen LogP contribution in [0.25, 0.3) is 0 Å². The maximum absolute atomic E-state index is 13.2. The Kier molecular flexibility index (Phi) is 6.93. The highest BCUT2D eigenvalue weighted by Crippen LogP contribution is 2.28. The van der Waals surface area contributed by atoms with Crippen LogP contribution in [-0.2, 0) is 10.0 Å². The van der Waals surface area contributed by atoms with Crippen molar-refractivity contribution in [1.29, 1.82) is 0 Å². The lowest BCUT2D eigenvalue weighted by Crippen LogP contribution is -2.54. The van der Waals surface area contributed by atoms with Crippen molar-refractivity contribution < 1.29 is 13.2 Å². The third-order valence-corrected chi connectivity index (χ3v) is 9.23. The van der Waals surface area contributed by atoms with Crippen LogP contribution in [0.3, 0.4) is 0 Å². The van der Waals surface area contributed by atoms with Crippen LogP contribution in [0.4, 0.5) is 5.69 Å². The number of fused-ring (bicyclic) bond motifs is 1. The Morgan fingerprint density at radius 2 is 1.89 bits per heavy atom. The van der Waals surface area contributed by atoms with E-state index in [1.54, 1.807) is 42.6 Å². The predicted molar refractivity (Wildman–Crippen MR) is 140 cm³/mol. The highest BCUT2D eigenvalue weighted by atomic mass is 32.2. The number of benzene rings is 1. The van der Waals surface area contributed by atoms with Gasteiger partial charge in [0.15, 0.2) is 0 Å². The van der Waals surface area contributed by atoms with Gasteiger partial charge in [0.1, 0.15) is 5.25 Å². The Balaban J connectivity index is 1.20. The molecule has 5 rings (SSSR count). The molecule has 3 atom stereocenters. The van der Waals surface area contributed by atoms with E-state index in [2.05, 4.69) is 21.5 Å². The number of sulfonamides is 1. The van der Waals surface area contributed by atoms with Crippen LogP contribution in [0.5, 0.6) is 0 Å². The summed E-state index contributed by atoms with van der Waals surface area (Å²) >= 11 is 0. The normalized spacial score (nSPS) is 27.1. The van der Waals surface area contributed by atoms with Gasteiger partial charge in [0.25, 0.3) is 5.91 Å². The number of aliphatic imine (C=N–C) groups is 1. The molecule has 1 saturated carbocycles. The van der Waals surface area contributed by atoms with Gasteiger partial charge in [-0.3, -0.25) is 19.4 Å². The second-order valence-corrected chi connectivity index (χ2v) is 11.9. The number of nitrogens with zero attached hydrogens (tertiary/aromatic N) is 3. The lowest BCUT2D eigenvalue weighted by Gasteiger charge is -2.40. The fourth-order valence-corrected chi connectivity index (χ4v) is 7.17. The van der Waals surface area contributed by atoms with Gasteiger partial charge in [-0.15, -0.1) is 0 Å². The number of rotatable bonds is 6. The molecule has 7 nitrogen and oxygen atoms in total. The first-order valence-electron chi connectivity index (χ1n) is 12.6. The molecule has 2 aliphatic carbocycles. The van der Waals surface area contributed by atoms with Gasteiger partial charge in [0.05, 0.1) is 6.04 Å². The van der Waals surface area contributed by atoms with Crippen LogP contribution >= 0.6 is 0 Å². The molecule has 186 valence electrons. The molecule has 0 aromatic heterocycles. The van der Waals surface area contributed by atoms with Gasteiger partial charge in [-0.1, -0.05) is 37.1 Å². The average molecular weight is 495 g/mol. The summed E-state index contributed by atoms with van der Waals surface area (Å²) in [6.45, 7) is 5.81. The van der Waals surface area contributed by atoms with E-state index < -0.39 is 21.3 Å². The standard InChI is InChI=1S/C27H34N4O3S/c1-20-18-30(19-21-6-2-3-7-21)16-17-31(20)27(32)23-11-13-24(14-12-23)29-35(33,34)25-10-4-8-22-9-5-15-28-26(22)25/h4-5,8-15,20-21,25-26,29H,2-3,6-7,16-19H2,1H3/t20-,25?,26?/m0/s1. The summed E-state index contributed by atoms with van der Waals surface area (Å²) < 4.78 is 28.9. The molecule has 2 heterocycles. The summed E-state index contributed by atoms with van der Waals surface area (Å²) in [6.07, 6.45) is 16.0. The smallest absolute Gasteiger partial charge is 0.254 e. The van der Waals surface area contributed by atoms with Crippen LogP contribution in [-0.4, -0.2) is 73.9 Å². The highest BCUT2D eigenvalue weighted by Gasteiger charge is 2.35. The Hall–Kier alpha value is -2.71. The molecule has 0 bridgehead atoms. The first-order valence-corrected chi connectivity index (χ1v) is 14.2. The number of anilines is 1. The molecule has 1 aromatic rings. The fraction of sp³-hybridized carbons (Fsp3) is 0.481. The molecular weight excluding hydrogens is 460 g/mol. The van der Waals surface area contributed by atoms with Gasteiger partial charge in [-0.05, 0) is 61.6 Å². The molecule has 2 unspecified atom stereocenters. The summed E-state index contributed by atoms with van der Waals surface area (Å²) in [5, 5.41) is -0.786. The second kappa shape index (κ2) is 10.1.